The molecule has 3 heterocycles. The van der Waals surface area contributed by atoms with Crippen LogP contribution in [0, 0.1) is 5.92 Å². The molecule has 1 aliphatic heterocycles. The van der Waals surface area contributed by atoms with E-state index in [1.807, 2.05) is 0 Å². The van der Waals surface area contributed by atoms with Gasteiger partial charge in [0.15, 0.2) is 6.33 Å². The van der Waals surface area contributed by atoms with Crippen LogP contribution >= 0.6 is 0 Å². The zero-order valence-electron chi connectivity index (χ0n) is 14.9. The third-order valence-corrected chi connectivity index (χ3v) is 4.62. The maximum Gasteiger partial charge on any atom is 0.313 e. The molecule has 1 aliphatic rings. The number of aromatic nitrogens is 4. The van der Waals surface area contributed by atoms with Crippen LogP contribution in [-0.2, 0) is 16.6 Å². The lowest BCUT2D eigenvalue weighted by atomic mass is 10.0. The summed E-state index contributed by atoms with van der Waals surface area (Å²) in [5.41, 5.74) is 5.93. The van der Waals surface area contributed by atoms with E-state index in [2.05, 4.69) is 22.2 Å². The summed E-state index contributed by atoms with van der Waals surface area (Å²) in [6.45, 7) is 2.93. The number of nitrogens with one attached hydrogen (secondary N) is 2. The van der Waals surface area contributed by atoms with Crippen molar-refractivity contribution in [3.8, 4) is 0 Å². The first kappa shape index (κ1) is 18.3. The van der Waals surface area contributed by atoms with Gasteiger partial charge in [-0.15, -0.1) is 0 Å². The Bertz CT molecular complexity index is 860. The molecule has 3 atom stereocenters. The van der Waals surface area contributed by atoms with Gasteiger partial charge in [0.05, 0.1) is 13.7 Å². The minimum atomic E-state index is -0.898. The van der Waals surface area contributed by atoms with Crippen molar-refractivity contribution >= 4 is 23.0 Å². The largest absolute Gasteiger partial charge is 0.386 e. The lowest BCUT2D eigenvalue weighted by Gasteiger charge is -2.15. The number of aromatic amines is 1. The van der Waals surface area contributed by atoms with Crippen LogP contribution in [0.1, 0.15) is 32.4 Å². The quantitative estimate of drug-likeness (QED) is 0.380. The predicted molar refractivity (Wildman–Crippen MR) is 93.0 cm³/mol. The van der Waals surface area contributed by atoms with E-state index in [1.165, 1.54) is 0 Å². The number of unbranched alkanes of at least 4 members (excludes halogenated alkanes) is 1. The maximum absolute atomic E-state index is 12.1. The van der Waals surface area contributed by atoms with Gasteiger partial charge in [-0.25, -0.2) is 4.57 Å². The molecule has 1 saturated heterocycles. The summed E-state index contributed by atoms with van der Waals surface area (Å²) in [6, 6.07) is 0. The third kappa shape index (κ3) is 3.42. The van der Waals surface area contributed by atoms with Crippen LogP contribution in [0.3, 0.4) is 0 Å². The minimum absolute atomic E-state index is 0.0122. The Hall–Kier alpha value is -2.46. The molecule has 10 heteroatoms. The van der Waals surface area contributed by atoms with E-state index in [1.54, 1.807) is 22.5 Å². The average molecular weight is 365 g/mol. The number of rotatable bonds is 6. The van der Waals surface area contributed by atoms with Gasteiger partial charge in [0.25, 0.3) is 11.5 Å². The van der Waals surface area contributed by atoms with Crippen molar-refractivity contribution in [2.24, 2.45) is 13.0 Å². The fourth-order valence-electron chi connectivity index (χ4n) is 3.25. The molecule has 10 nitrogen and oxygen atoms in total. The summed E-state index contributed by atoms with van der Waals surface area (Å²) in [5, 5.41) is 13.5. The molecule has 0 bridgehead atoms. The Morgan fingerprint density at radius 1 is 1.62 bits per heavy atom. The number of H-pyrrole nitrogens is 1. The molecule has 2 aromatic heterocycles. The van der Waals surface area contributed by atoms with E-state index in [-0.39, 0.29) is 36.4 Å². The van der Waals surface area contributed by atoms with Gasteiger partial charge in [-0.2, -0.15) is 0 Å². The van der Waals surface area contributed by atoms with Crippen LogP contribution in [0.15, 0.2) is 11.1 Å². The number of amides is 1. The highest BCUT2D eigenvalue weighted by atomic mass is 16.5. The highest BCUT2D eigenvalue weighted by molar-refractivity contribution is 5.76. The average Bonchev–Trinajstić information content (AvgIpc) is 3.08. The molecule has 3 rings (SSSR count). The van der Waals surface area contributed by atoms with E-state index >= 15 is 0 Å². The standard InChI is InChI=1S/C16H24N6O4/c1-3-4-5-18-10(23)6-9-7-26-15(12(9)24)22-8-21(2)11-13(22)19-16(17)20-14(11)25/h8-9,12,15,24H,3-7H2,1-2H3,(H3-,17,18,19,20,23,25)/p+1/t9?,12-,15?/m1/s1. The molecule has 2 unspecified atom stereocenters. The fourth-order valence-corrected chi connectivity index (χ4v) is 3.25. The number of ether oxygens (including phenoxy) is 1. The summed E-state index contributed by atoms with van der Waals surface area (Å²) >= 11 is 0. The van der Waals surface area contributed by atoms with Crippen molar-refractivity contribution in [2.45, 2.75) is 38.5 Å². The summed E-state index contributed by atoms with van der Waals surface area (Å²) in [7, 11) is 1.70. The van der Waals surface area contributed by atoms with Crippen molar-refractivity contribution in [1.29, 1.82) is 0 Å². The Labute approximate surface area is 150 Å². The third-order valence-electron chi connectivity index (χ3n) is 4.62. The Morgan fingerprint density at radius 2 is 2.38 bits per heavy atom. The number of nitrogens with two attached hydrogens (primary N) is 1. The van der Waals surface area contributed by atoms with Gasteiger partial charge >= 0.3 is 5.65 Å². The van der Waals surface area contributed by atoms with Crippen LogP contribution in [0.2, 0.25) is 0 Å². The molecule has 142 valence electrons. The first-order valence-corrected chi connectivity index (χ1v) is 8.74. The number of hydrogen-bond acceptors (Lipinski definition) is 6. The van der Waals surface area contributed by atoms with Gasteiger partial charge in [-0.3, -0.25) is 19.1 Å². The van der Waals surface area contributed by atoms with E-state index < -0.39 is 12.3 Å². The molecule has 26 heavy (non-hydrogen) atoms. The van der Waals surface area contributed by atoms with E-state index in [0.29, 0.717) is 17.7 Å². The second-order valence-electron chi connectivity index (χ2n) is 6.64. The van der Waals surface area contributed by atoms with Gasteiger partial charge < -0.3 is 20.9 Å². The predicted octanol–water partition coefficient (Wildman–Crippen LogP) is -1.06. The summed E-state index contributed by atoms with van der Waals surface area (Å²) in [5.74, 6) is -0.445. The number of carbonyl (C=O) groups is 1. The second kappa shape index (κ2) is 7.42. The number of anilines is 1. The molecular formula is C16H25N6O4+. The molecule has 2 aromatic rings. The molecule has 1 fully saturated rings. The molecule has 5 N–H and O–H groups in total. The SMILES string of the molecule is CCCCNC(=O)CC1COC([n+]2cn(C)c3c(=O)[nH]c(N)nc32)[C@@H]1O. The lowest BCUT2D eigenvalue weighted by molar-refractivity contribution is -0.744. The van der Waals surface area contributed by atoms with Crippen LogP contribution < -0.4 is 21.2 Å². The zero-order chi connectivity index (χ0) is 18.8. The van der Waals surface area contributed by atoms with Gasteiger partial charge in [-0.05, 0) is 6.42 Å². The molecule has 0 aromatic carbocycles. The monoisotopic (exact) mass is 365 g/mol. The first-order valence-electron chi connectivity index (χ1n) is 8.74. The number of fused-ring (bicyclic) bond motifs is 1. The van der Waals surface area contributed by atoms with Crippen LogP contribution in [-0.4, -0.2) is 44.8 Å². The molecule has 0 spiro atoms. The van der Waals surface area contributed by atoms with Gasteiger partial charge in [-0.1, -0.05) is 18.3 Å². The van der Waals surface area contributed by atoms with Crippen molar-refractivity contribution in [3.63, 3.8) is 0 Å². The summed E-state index contributed by atoms with van der Waals surface area (Å²) in [4.78, 5) is 30.7. The Morgan fingerprint density at radius 3 is 3.12 bits per heavy atom. The zero-order valence-corrected chi connectivity index (χ0v) is 14.9. The summed E-state index contributed by atoms with van der Waals surface area (Å²) in [6.07, 6.45) is 2.11. The van der Waals surface area contributed by atoms with Crippen LogP contribution in [0.4, 0.5) is 5.95 Å². The normalized spacial score (nSPS) is 22.8. The summed E-state index contributed by atoms with van der Waals surface area (Å²) < 4.78 is 8.90. The topological polar surface area (TPSA) is 139 Å². The first-order chi connectivity index (χ1) is 12.4. The van der Waals surface area contributed by atoms with Gasteiger partial charge in [0.1, 0.15) is 6.10 Å². The lowest BCUT2D eigenvalue weighted by Crippen LogP contribution is -2.45. The molecule has 0 saturated carbocycles. The van der Waals surface area contributed by atoms with Crippen LogP contribution in [0.25, 0.3) is 11.2 Å². The van der Waals surface area contributed by atoms with Gasteiger partial charge in [0.2, 0.25) is 17.7 Å². The van der Waals surface area contributed by atoms with Crippen molar-refractivity contribution in [2.75, 3.05) is 18.9 Å². The minimum Gasteiger partial charge on any atom is -0.386 e. The Kier molecular flexibility index (Phi) is 5.23. The maximum atomic E-state index is 12.1. The number of aliphatic hydroxyl groups is 1. The van der Waals surface area contributed by atoms with Crippen molar-refractivity contribution in [3.05, 3.63) is 16.7 Å². The number of imidazole rings is 1. The smallest absolute Gasteiger partial charge is 0.313 e. The molecule has 0 radical (unpaired) electrons. The number of carbonyl (C=O) groups excluding carboxylic acids is 1. The van der Waals surface area contributed by atoms with E-state index in [4.69, 9.17) is 10.5 Å². The Balaban J connectivity index is 1.78. The number of nitrogens with zero attached hydrogens (tertiary/aromatic N) is 3. The number of aryl methyl sites for hydroxylation is 1. The highest BCUT2D eigenvalue weighted by Gasteiger charge is 2.42. The fraction of sp³-hybridized carbons (Fsp3) is 0.625. The van der Waals surface area contributed by atoms with E-state index in [9.17, 15) is 14.7 Å². The van der Waals surface area contributed by atoms with Crippen LogP contribution in [0.5, 0.6) is 0 Å². The van der Waals surface area contributed by atoms with Crippen molar-refractivity contribution in [1.82, 2.24) is 19.9 Å². The van der Waals surface area contributed by atoms with Gasteiger partial charge in [0, 0.05) is 18.9 Å². The second-order valence-corrected chi connectivity index (χ2v) is 6.64. The van der Waals surface area contributed by atoms with E-state index in [0.717, 1.165) is 12.8 Å². The highest BCUT2D eigenvalue weighted by Crippen LogP contribution is 2.28. The number of aliphatic hydroxyl groups excluding tert-OH is 1. The van der Waals surface area contributed by atoms with Crippen molar-refractivity contribution < 1.29 is 19.2 Å². The molecule has 1 amide bonds. The molecular weight excluding hydrogens is 340 g/mol. The molecule has 0 aliphatic carbocycles. The number of nitrogen functional groups attached to an aromatic ring is 1. The number of hydrogen-bond donors (Lipinski definition) is 4.